The first kappa shape index (κ1) is 12.1. The minimum absolute atomic E-state index is 0.111. The van der Waals surface area contributed by atoms with E-state index in [1.807, 2.05) is 30.3 Å². The number of para-hydroxylation sites is 1. The number of fused-ring (bicyclic) bond motifs is 1. The van der Waals surface area contributed by atoms with Gasteiger partial charge in [-0.05, 0) is 38.1 Å². The Bertz CT molecular complexity index is 585. The Balaban J connectivity index is 1.82. The van der Waals surface area contributed by atoms with Crippen LogP contribution in [0.4, 0.5) is 5.69 Å². The molecule has 0 bridgehead atoms. The van der Waals surface area contributed by atoms with E-state index in [0.29, 0.717) is 0 Å². The summed E-state index contributed by atoms with van der Waals surface area (Å²) in [5, 5.41) is 7.34. The number of aromatic nitrogens is 1. The first-order valence-corrected chi connectivity index (χ1v) is 6.70. The first-order valence-electron chi connectivity index (χ1n) is 6.70. The van der Waals surface area contributed by atoms with E-state index < -0.39 is 0 Å². The van der Waals surface area contributed by atoms with Gasteiger partial charge in [-0.25, -0.2) is 0 Å². The van der Waals surface area contributed by atoms with Crippen LogP contribution >= 0.6 is 0 Å². The molecular weight excluding hydrogens is 238 g/mol. The average Bonchev–Trinajstić information content (AvgIpc) is 2.48. The van der Waals surface area contributed by atoms with E-state index in [4.69, 9.17) is 0 Å². The van der Waals surface area contributed by atoms with E-state index >= 15 is 0 Å². The fraction of sp³-hybridized carbons (Fsp3) is 0.333. The Hall–Kier alpha value is -1.94. The molecule has 0 unspecified atom stereocenters. The number of anilines is 1. The molecule has 1 amide bonds. The van der Waals surface area contributed by atoms with Gasteiger partial charge in [-0.1, -0.05) is 18.2 Å². The summed E-state index contributed by atoms with van der Waals surface area (Å²) in [4.78, 5) is 16.6. The average molecular weight is 255 g/mol. The summed E-state index contributed by atoms with van der Waals surface area (Å²) in [6, 6.07) is 9.77. The number of nitrogens with zero attached hydrogens (tertiary/aromatic N) is 1. The van der Waals surface area contributed by atoms with Crippen molar-refractivity contribution in [3.63, 3.8) is 0 Å². The van der Waals surface area contributed by atoms with E-state index in [2.05, 4.69) is 15.6 Å². The van der Waals surface area contributed by atoms with Gasteiger partial charge in [0.2, 0.25) is 5.91 Å². The van der Waals surface area contributed by atoms with Crippen LogP contribution in [0.25, 0.3) is 10.9 Å². The molecule has 4 nitrogen and oxygen atoms in total. The lowest BCUT2D eigenvalue weighted by Crippen LogP contribution is -2.34. The number of piperidine rings is 1. The third-order valence-electron chi connectivity index (χ3n) is 3.60. The molecule has 0 aliphatic carbocycles. The molecule has 3 rings (SSSR count). The fourth-order valence-electron chi connectivity index (χ4n) is 2.52. The van der Waals surface area contributed by atoms with Crippen LogP contribution in [0.15, 0.2) is 36.5 Å². The highest BCUT2D eigenvalue weighted by atomic mass is 16.1. The summed E-state index contributed by atoms with van der Waals surface area (Å²) in [7, 11) is 0. The summed E-state index contributed by atoms with van der Waals surface area (Å²) in [6.45, 7) is 1.84. The summed E-state index contributed by atoms with van der Waals surface area (Å²) in [5.41, 5.74) is 1.66. The lowest BCUT2D eigenvalue weighted by Gasteiger charge is -2.22. The van der Waals surface area contributed by atoms with Crippen molar-refractivity contribution in [1.82, 2.24) is 10.3 Å². The molecule has 2 heterocycles. The molecule has 2 N–H and O–H groups in total. The van der Waals surface area contributed by atoms with Gasteiger partial charge in [0.1, 0.15) is 0 Å². The molecular formula is C15H17N3O. The molecule has 0 spiro atoms. The third-order valence-corrected chi connectivity index (χ3v) is 3.60. The first-order chi connectivity index (χ1) is 9.34. The molecule has 1 fully saturated rings. The standard InChI is InChI=1S/C15H17N3O/c19-15(12-6-9-16-10-7-12)18-13-5-1-3-11-4-2-8-17-14(11)13/h1-5,8,12,16H,6-7,9-10H2,(H,18,19). The van der Waals surface area contributed by atoms with E-state index in [1.165, 1.54) is 0 Å². The number of rotatable bonds is 2. The van der Waals surface area contributed by atoms with Crippen LogP contribution < -0.4 is 10.6 Å². The van der Waals surface area contributed by atoms with Gasteiger partial charge >= 0.3 is 0 Å². The summed E-state index contributed by atoms with van der Waals surface area (Å²) >= 11 is 0. The Morgan fingerprint density at radius 2 is 2.00 bits per heavy atom. The van der Waals surface area contributed by atoms with Crippen LogP contribution in [0.2, 0.25) is 0 Å². The van der Waals surface area contributed by atoms with Crippen molar-refractivity contribution in [2.45, 2.75) is 12.8 Å². The highest BCUT2D eigenvalue weighted by molar-refractivity contribution is 6.01. The Labute approximate surface area is 112 Å². The molecule has 19 heavy (non-hydrogen) atoms. The summed E-state index contributed by atoms with van der Waals surface area (Å²) < 4.78 is 0. The predicted octanol–water partition coefficient (Wildman–Crippen LogP) is 2.17. The smallest absolute Gasteiger partial charge is 0.227 e. The Morgan fingerprint density at radius 1 is 1.21 bits per heavy atom. The van der Waals surface area contributed by atoms with Gasteiger partial charge in [0.15, 0.2) is 0 Å². The zero-order valence-electron chi connectivity index (χ0n) is 10.7. The van der Waals surface area contributed by atoms with Gasteiger partial charge in [0, 0.05) is 17.5 Å². The lowest BCUT2D eigenvalue weighted by atomic mass is 9.97. The minimum Gasteiger partial charge on any atom is -0.324 e. The van der Waals surface area contributed by atoms with Crippen LogP contribution in [0.5, 0.6) is 0 Å². The number of pyridine rings is 1. The highest BCUT2D eigenvalue weighted by Crippen LogP contribution is 2.22. The maximum atomic E-state index is 12.2. The number of carbonyl (C=O) groups is 1. The highest BCUT2D eigenvalue weighted by Gasteiger charge is 2.21. The minimum atomic E-state index is 0.111. The maximum Gasteiger partial charge on any atom is 0.227 e. The molecule has 0 atom stereocenters. The zero-order chi connectivity index (χ0) is 13.1. The number of hydrogen-bond donors (Lipinski definition) is 2. The molecule has 0 saturated carbocycles. The number of hydrogen-bond acceptors (Lipinski definition) is 3. The van der Waals surface area contributed by atoms with Gasteiger partial charge in [0.25, 0.3) is 0 Å². The second-order valence-corrected chi connectivity index (χ2v) is 4.89. The monoisotopic (exact) mass is 255 g/mol. The normalized spacial score (nSPS) is 16.4. The maximum absolute atomic E-state index is 12.2. The van der Waals surface area contributed by atoms with Crippen molar-refractivity contribution in [2.75, 3.05) is 18.4 Å². The molecule has 98 valence electrons. The predicted molar refractivity (Wildman–Crippen MR) is 76.0 cm³/mol. The van der Waals surface area contributed by atoms with Gasteiger partial charge in [-0.3, -0.25) is 9.78 Å². The van der Waals surface area contributed by atoms with Crippen molar-refractivity contribution in [3.8, 4) is 0 Å². The van der Waals surface area contributed by atoms with E-state index in [9.17, 15) is 4.79 Å². The number of carbonyl (C=O) groups excluding carboxylic acids is 1. The van der Waals surface area contributed by atoms with E-state index in [-0.39, 0.29) is 11.8 Å². The van der Waals surface area contributed by atoms with Crippen molar-refractivity contribution < 1.29 is 4.79 Å². The molecule has 0 radical (unpaired) electrons. The van der Waals surface area contributed by atoms with Crippen LogP contribution in [-0.4, -0.2) is 24.0 Å². The van der Waals surface area contributed by atoms with Crippen LogP contribution in [0.1, 0.15) is 12.8 Å². The van der Waals surface area contributed by atoms with Crippen LogP contribution in [-0.2, 0) is 4.79 Å². The number of nitrogens with one attached hydrogen (secondary N) is 2. The summed E-state index contributed by atoms with van der Waals surface area (Å²) in [5.74, 6) is 0.222. The third kappa shape index (κ3) is 2.58. The van der Waals surface area contributed by atoms with Gasteiger partial charge in [-0.2, -0.15) is 0 Å². The van der Waals surface area contributed by atoms with E-state index in [0.717, 1.165) is 42.5 Å². The Kier molecular flexibility index (Phi) is 3.42. The van der Waals surface area contributed by atoms with Crippen molar-refractivity contribution in [1.29, 1.82) is 0 Å². The molecule has 1 aliphatic rings. The van der Waals surface area contributed by atoms with Crippen molar-refractivity contribution in [3.05, 3.63) is 36.5 Å². The Morgan fingerprint density at radius 3 is 2.84 bits per heavy atom. The van der Waals surface area contributed by atoms with Crippen LogP contribution in [0, 0.1) is 5.92 Å². The fourth-order valence-corrected chi connectivity index (χ4v) is 2.52. The summed E-state index contributed by atoms with van der Waals surface area (Å²) in [6.07, 6.45) is 3.57. The molecule has 1 aromatic carbocycles. The zero-order valence-corrected chi connectivity index (χ0v) is 10.7. The largest absolute Gasteiger partial charge is 0.324 e. The number of amides is 1. The van der Waals surface area contributed by atoms with E-state index in [1.54, 1.807) is 6.20 Å². The molecule has 1 saturated heterocycles. The SMILES string of the molecule is O=C(Nc1cccc2cccnc12)C1CCNCC1. The second kappa shape index (κ2) is 5.36. The molecule has 2 aromatic rings. The lowest BCUT2D eigenvalue weighted by molar-refractivity contribution is -0.120. The molecule has 1 aliphatic heterocycles. The quantitative estimate of drug-likeness (QED) is 0.864. The molecule has 1 aromatic heterocycles. The van der Waals surface area contributed by atoms with Gasteiger partial charge in [0.05, 0.1) is 11.2 Å². The van der Waals surface area contributed by atoms with Crippen molar-refractivity contribution >= 4 is 22.5 Å². The second-order valence-electron chi connectivity index (χ2n) is 4.89. The molecule has 4 heteroatoms. The van der Waals surface area contributed by atoms with Gasteiger partial charge in [-0.15, -0.1) is 0 Å². The topological polar surface area (TPSA) is 54.0 Å². The van der Waals surface area contributed by atoms with Gasteiger partial charge < -0.3 is 10.6 Å². The van der Waals surface area contributed by atoms with Crippen molar-refractivity contribution in [2.24, 2.45) is 5.92 Å². The number of benzene rings is 1. The van der Waals surface area contributed by atoms with Crippen LogP contribution in [0.3, 0.4) is 0 Å².